The van der Waals surface area contributed by atoms with Crippen LogP contribution in [0.4, 0.5) is 10.6 Å². The zero-order chi connectivity index (χ0) is 18.8. The monoisotopic (exact) mass is 347 g/mol. The van der Waals surface area contributed by atoms with E-state index >= 15 is 0 Å². The minimum absolute atomic E-state index is 0.00640. The number of amides is 1. The highest BCUT2D eigenvalue weighted by Gasteiger charge is 2.23. The molecule has 0 aliphatic carbocycles. The molecule has 25 heavy (non-hydrogen) atoms. The summed E-state index contributed by atoms with van der Waals surface area (Å²) in [6.07, 6.45) is 0.203. The molecular weight excluding hydrogens is 330 g/mol. The quantitative estimate of drug-likeness (QED) is 0.774. The first-order valence-corrected chi connectivity index (χ1v) is 7.23. The second-order valence-electron chi connectivity index (χ2n) is 6.11. The summed E-state index contributed by atoms with van der Waals surface area (Å²) in [5, 5.41) is 24.6. The van der Waals surface area contributed by atoms with E-state index < -0.39 is 23.6 Å². The molecular formula is C16H17N3O6. The van der Waals surface area contributed by atoms with Crippen molar-refractivity contribution in [1.82, 2.24) is 9.78 Å². The van der Waals surface area contributed by atoms with Crippen LogP contribution >= 0.6 is 0 Å². The standard InChI is InChI=1S/C16H17N3O6/c1-16(2,3)25-15(24)18-12-11(14(22)23)8-17-19(12)10-6-4-5-9(7-10)13(20)21/h4-8H,1-3H3,(H,18,24)(H,20,21)(H,22,23). The normalized spacial score (nSPS) is 11.0. The smallest absolute Gasteiger partial charge is 0.413 e. The summed E-state index contributed by atoms with van der Waals surface area (Å²) in [4.78, 5) is 34.5. The maximum Gasteiger partial charge on any atom is 0.413 e. The van der Waals surface area contributed by atoms with Crippen LogP contribution in [0.3, 0.4) is 0 Å². The molecule has 1 amide bonds. The number of rotatable bonds is 4. The van der Waals surface area contributed by atoms with E-state index in [4.69, 9.17) is 9.84 Å². The molecule has 0 bridgehead atoms. The number of aromatic nitrogens is 2. The van der Waals surface area contributed by atoms with Crippen LogP contribution in [-0.4, -0.2) is 43.6 Å². The summed E-state index contributed by atoms with van der Waals surface area (Å²) in [5.74, 6) is -2.58. The summed E-state index contributed by atoms with van der Waals surface area (Å²) in [6, 6.07) is 5.71. The lowest BCUT2D eigenvalue weighted by molar-refractivity contribution is 0.0632. The number of hydrogen-bond donors (Lipinski definition) is 3. The van der Waals surface area contributed by atoms with E-state index in [1.54, 1.807) is 20.8 Å². The molecule has 1 aromatic carbocycles. The van der Waals surface area contributed by atoms with Crippen molar-refractivity contribution in [2.24, 2.45) is 0 Å². The number of hydrogen-bond acceptors (Lipinski definition) is 5. The Bertz CT molecular complexity index is 835. The number of nitrogens with zero attached hydrogens (tertiary/aromatic N) is 2. The van der Waals surface area contributed by atoms with Crippen LogP contribution in [0, 0.1) is 0 Å². The first kappa shape index (κ1) is 18.0. The lowest BCUT2D eigenvalue weighted by Crippen LogP contribution is -2.28. The number of aromatic carboxylic acids is 2. The van der Waals surface area contributed by atoms with Crippen molar-refractivity contribution >= 4 is 23.8 Å². The fourth-order valence-electron chi connectivity index (χ4n) is 1.99. The first-order chi connectivity index (χ1) is 11.6. The van der Waals surface area contributed by atoms with Gasteiger partial charge in [0.15, 0.2) is 5.82 Å². The largest absolute Gasteiger partial charge is 0.478 e. The molecule has 2 aromatic rings. The molecule has 132 valence electrons. The van der Waals surface area contributed by atoms with Gasteiger partial charge >= 0.3 is 18.0 Å². The SMILES string of the molecule is CC(C)(C)OC(=O)Nc1c(C(=O)O)cnn1-c1cccc(C(=O)O)c1. The fraction of sp³-hybridized carbons (Fsp3) is 0.250. The van der Waals surface area contributed by atoms with Crippen molar-refractivity contribution in [2.75, 3.05) is 5.32 Å². The van der Waals surface area contributed by atoms with Crippen LogP contribution < -0.4 is 5.32 Å². The number of ether oxygens (including phenoxy) is 1. The number of benzene rings is 1. The number of carbonyl (C=O) groups is 3. The molecule has 2 rings (SSSR count). The average Bonchev–Trinajstić information content (AvgIpc) is 2.89. The van der Waals surface area contributed by atoms with E-state index in [0.717, 1.165) is 10.9 Å². The van der Waals surface area contributed by atoms with Crippen molar-refractivity contribution < 1.29 is 29.3 Å². The lowest BCUT2D eigenvalue weighted by atomic mass is 10.2. The van der Waals surface area contributed by atoms with Gasteiger partial charge in [0.25, 0.3) is 0 Å². The van der Waals surface area contributed by atoms with E-state index in [1.807, 2.05) is 0 Å². The predicted octanol–water partition coefficient (Wildman–Crippen LogP) is 2.62. The summed E-state index contributed by atoms with van der Waals surface area (Å²) in [6.45, 7) is 4.99. The van der Waals surface area contributed by atoms with Crippen LogP contribution in [0.1, 0.15) is 41.5 Å². The van der Waals surface area contributed by atoms with E-state index in [2.05, 4.69) is 10.4 Å². The second kappa shape index (κ2) is 6.63. The van der Waals surface area contributed by atoms with Crippen LogP contribution in [0.5, 0.6) is 0 Å². The topological polar surface area (TPSA) is 131 Å². The van der Waals surface area contributed by atoms with Crippen LogP contribution in [0.2, 0.25) is 0 Å². The molecule has 0 saturated heterocycles. The van der Waals surface area contributed by atoms with Crippen LogP contribution in [0.15, 0.2) is 30.5 Å². The summed E-state index contributed by atoms with van der Waals surface area (Å²) in [5.41, 5.74) is -0.764. The Morgan fingerprint density at radius 2 is 1.84 bits per heavy atom. The predicted molar refractivity (Wildman–Crippen MR) is 87.3 cm³/mol. The zero-order valence-corrected chi connectivity index (χ0v) is 13.8. The number of carbonyl (C=O) groups excluding carboxylic acids is 1. The molecule has 0 radical (unpaired) electrons. The Morgan fingerprint density at radius 3 is 2.40 bits per heavy atom. The maximum absolute atomic E-state index is 12.0. The Balaban J connectivity index is 2.46. The van der Waals surface area contributed by atoms with Crippen molar-refractivity contribution in [3.8, 4) is 5.69 Å². The molecule has 9 heteroatoms. The molecule has 0 unspecified atom stereocenters. The Kier molecular flexibility index (Phi) is 4.77. The maximum atomic E-state index is 12.0. The van der Waals surface area contributed by atoms with Crippen molar-refractivity contribution in [3.05, 3.63) is 41.6 Å². The first-order valence-electron chi connectivity index (χ1n) is 7.23. The van der Waals surface area contributed by atoms with Gasteiger partial charge in [-0.25, -0.2) is 19.1 Å². The van der Waals surface area contributed by atoms with Crippen molar-refractivity contribution in [2.45, 2.75) is 26.4 Å². The van der Waals surface area contributed by atoms with Crippen LogP contribution in [0.25, 0.3) is 5.69 Å². The summed E-state index contributed by atoms with van der Waals surface area (Å²) >= 11 is 0. The molecule has 0 atom stereocenters. The molecule has 0 aliphatic rings. The van der Waals surface area contributed by atoms with E-state index in [0.29, 0.717) is 0 Å². The highest BCUT2D eigenvalue weighted by Crippen LogP contribution is 2.22. The molecule has 0 fully saturated rings. The lowest BCUT2D eigenvalue weighted by Gasteiger charge is -2.20. The number of carboxylic acid groups (broad SMARTS) is 2. The fourth-order valence-corrected chi connectivity index (χ4v) is 1.99. The van der Waals surface area contributed by atoms with E-state index in [1.165, 1.54) is 24.3 Å². The highest BCUT2D eigenvalue weighted by atomic mass is 16.6. The van der Waals surface area contributed by atoms with Gasteiger partial charge in [-0.3, -0.25) is 5.32 Å². The van der Waals surface area contributed by atoms with Gasteiger partial charge < -0.3 is 14.9 Å². The number of nitrogens with one attached hydrogen (secondary N) is 1. The zero-order valence-electron chi connectivity index (χ0n) is 13.8. The van der Waals surface area contributed by atoms with E-state index in [-0.39, 0.29) is 22.6 Å². The van der Waals surface area contributed by atoms with Gasteiger partial charge in [-0.2, -0.15) is 5.10 Å². The molecule has 0 spiro atoms. The minimum Gasteiger partial charge on any atom is -0.478 e. The third-order valence-corrected chi connectivity index (χ3v) is 2.96. The molecule has 0 saturated carbocycles. The minimum atomic E-state index is -1.30. The van der Waals surface area contributed by atoms with Gasteiger partial charge in [-0.05, 0) is 39.0 Å². The van der Waals surface area contributed by atoms with Gasteiger partial charge in [0, 0.05) is 0 Å². The third kappa shape index (κ3) is 4.34. The average molecular weight is 347 g/mol. The molecule has 0 aliphatic heterocycles. The Labute approximate surface area is 142 Å². The van der Waals surface area contributed by atoms with Crippen molar-refractivity contribution in [1.29, 1.82) is 0 Å². The molecule has 9 nitrogen and oxygen atoms in total. The van der Waals surface area contributed by atoms with Crippen LogP contribution in [-0.2, 0) is 4.74 Å². The van der Waals surface area contributed by atoms with Gasteiger partial charge in [-0.1, -0.05) is 6.07 Å². The highest BCUT2D eigenvalue weighted by molar-refractivity contribution is 5.98. The molecule has 3 N–H and O–H groups in total. The van der Waals surface area contributed by atoms with Gasteiger partial charge in [0.2, 0.25) is 0 Å². The molecule has 1 heterocycles. The van der Waals surface area contributed by atoms with Gasteiger partial charge in [0.1, 0.15) is 11.2 Å². The summed E-state index contributed by atoms with van der Waals surface area (Å²) in [7, 11) is 0. The van der Waals surface area contributed by atoms with Gasteiger partial charge in [0.05, 0.1) is 17.4 Å². The molecule has 1 aromatic heterocycles. The third-order valence-electron chi connectivity index (χ3n) is 2.96. The van der Waals surface area contributed by atoms with Crippen molar-refractivity contribution in [3.63, 3.8) is 0 Å². The van der Waals surface area contributed by atoms with E-state index in [9.17, 15) is 19.5 Å². The van der Waals surface area contributed by atoms with Gasteiger partial charge in [-0.15, -0.1) is 0 Å². The summed E-state index contributed by atoms with van der Waals surface area (Å²) < 4.78 is 6.25. The Hall–Kier alpha value is -3.36. The Morgan fingerprint density at radius 1 is 1.16 bits per heavy atom. The second-order valence-corrected chi connectivity index (χ2v) is 6.11. The number of carboxylic acids is 2. The number of anilines is 1.